The fourth-order valence-corrected chi connectivity index (χ4v) is 1.83. The Labute approximate surface area is 125 Å². The third-order valence-corrected chi connectivity index (χ3v) is 2.86. The Hall–Kier alpha value is -1.85. The number of amides is 1. The van der Waals surface area contributed by atoms with Crippen molar-refractivity contribution in [2.45, 2.75) is 59.0 Å². The van der Waals surface area contributed by atoms with Crippen molar-refractivity contribution >= 4 is 11.9 Å². The first kappa shape index (κ1) is 17.2. The van der Waals surface area contributed by atoms with Crippen LogP contribution in [0, 0.1) is 6.92 Å². The Balaban J connectivity index is 2.12. The molecule has 0 aliphatic heterocycles. The molecule has 0 atom stereocenters. The second-order valence-electron chi connectivity index (χ2n) is 6.06. The highest BCUT2D eigenvalue weighted by molar-refractivity contribution is 5.81. The monoisotopic (exact) mass is 295 g/mol. The number of aryl methyl sites for hydroxylation is 2. The summed E-state index contributed by atoms with van der Waals surface area (Å²) in [6, 6.07) is 0. The van der Waals surface area contributed by atoms with Gasteiger partial charge in [0.15, 0.2) is 0 Å². The number of hydrogen-bond acceptors (Lipinski definition) is 4. The lowest BCUT2D eigenvalue weighted by atomic mass is 10.1. The van der Waals surface area contributed by atoms with E-state index in [0.717, 1.165) is 24.1 Å². The average Bonchev–Trinajstić information content (AvgIpc) is 2.76. The topological polar surface area (TPSA) is 84.1 Å². The van der Waals surface area contributed by atoms with Crippen LogP contribution in [0.3, 0.4) is 0 Å². The van der Waals surface area contributed by atoms with Gasteiger partial charge in [0.1, 0.15) is 5.60 Å². The van der Waals surface area contributed by atoms with E-state index in [-0.39, 0.29) is 24.7 Å². The number of hydrogen-bond donors (Lipinski definition) is 2. The largest absolute Gasteiger partial charge is 0.460 e. The van der Waals surface area contributed by atoms with Gasteiger partial charge in [0, 0.05) is 18.7 Å². The van der Waals surface area contributed by atoms with Crippen molar-refractivity contribution in [3.63, 3.8) is 0 Å². The molecule has 6 nitrogen and oxygen atoms in total. The van der Waals surface area contributed by atoms with E-state index < -0.39 is 5.60 Å². The Kier molecular flexibility index (Phi) is 6.39. The summed E-state index contributed by atoms with van der Waals surface area (Å²) in [5.74, 6) is -0.462. The molecule has 0 fully saturated rings. The molecule has 0 aliphatic carbocycles. The van der Waals surface area contributed by atoms with Crippen molar-refractivity contribution in [3.05, 3.63) is 17.5 Å². The van der Waals surface area contributed by atoms with Gasteiger partial charge in [0.2, 0.25) is 5.91 Å². The summed E-state index contributed by atoms with van der Waals surface area (Å²) in [4.78, 5) is 23.1. The predicted octanol–water partition coefficient (Wildman–Crippen LogP) is 1.89. The normalized spacial score (nSPS) is 11.2. The minimum atomic E-state index is -0.504. The second-order valence-corrected chi connectivity index (χ2v) is 6.06. The van der Waals surface area contributed by atoms with Crippen molar-refractivity contribution in [1.82, 2.24) is 15.5 Å². The zero-order valence-corrected chi connectivity index (χ0v) is 13.3. The molecule has 0 radical (unpaired) electrons. The van der Waals surface area contributed by atoms with E-state index in [1.165, 1.54) is 0 Å². The van der Waals surface area contributed by atoms with Crippen molar-refractivity contribution < 1.29 is 14.3 Å². The predicted molar refractivity (Wildman–Crippen MR) is 79.7 cm³/mol. The number of H-pyrrole nitrogens is 1. The Morgan fingerprint density at radius 3 is 2.62 bits per heavy atom. The highest BCUT2D eigenvalue weighted by Crippen LogP contribution is 2.09. The highest BCUT2D eigenvalue weighted by atomic mass is 16.6. The highest BCUT2D eigenvalue weighted by Gasteiger charge is 2.16. The van der Waals surface area contributed by atoms with E-state index in [1.54, 1.807) is 6.20 Å². The lowest BCUT2D eigenvalue weighted by molar-refractivity contribution is -0.155. The molecule has 1 aromatic heterocycles. The summed E-state index contributed by atoms with van der Waals surface area (Å²) in [5, 5.41) is 9.64. The van der Waals surface area contributed by atoms with Gasteiger partial charge in [0.25, 0.3) is 0 Å². The molecule has 1 heterocycles. The summed E-state index contributed by atoms with van der Waals surface area (Å²) in [7, 11) is 0. The van der Waals surface area contributed by atoms with Crippen LogP contribution in [0.1, 0.15) is 51.3 Å². The zero-order valence-electron chi connectivity index (χ0n) is 13.3. The number of carbonyl (C=O) groups excluding carboxylic acids is 2. The van der Waals surface area contributed by atoms with Crippen molar-refractivity contribution in [3.8, 4) is 0 Å². The molecule has 0 bridgehead atoms. The first-order valence-electron chi connectivity index (χ1n) is 7.25. The van der Waals surface area contributed by atoms with E-state index in [0.29, 0.717) is 6.54 Å². The number of aromatic amines is 1. The van der Waals surface area contributed by atoms with Crippen molar-refractivity contribution in [2.75, 3.05) is 6.54 Å². The Morgan fingerprint density at radius 1 is 1.33 bits per heavy atom. The van der Waals surface area contributed by atoms with Crippen LogP contribution < -0.4 is 5.32 Å². The van der Waals surface area contributed by atoms with Crippen molar-refractivity contribution in [1.29, 1.82) is 0 Å². The maximum atomic E-state index is 11.6. The molecule has 0 saturated carbocycles. The first-order chi connectivity index (χ1) is 9.78. The smallest absolute Gasteiger partial charge is 0.306 e. The summed E-state index contributed by atoms with van der Waals surface area (Å²) < 4.78 is 5.15. The number of nitrogens with one attached hydrogen (secondary N) is 2. The maximum Gasteiger partial charge on any atom is 0.306 e. The number of ether oxygens (including phenoxy) is 1. The second kappa shape index (κ2) is 7.81. The fraction of sp³-hybridized carbons (Fsp3) is 0.667. The molecule has 1 amide bonds. The molecule has 1 rings (SSSR count). The van der Waals surface area contributed by atoms with E-state index in [9.17, 15) is 9.59 Å². The van der Waals surface area contributed by atoms with Crippen LogP contribution in [0.15, 0.2) is 6.20 Å². The third-order valence-electron chi connectivity index (χ3n) is 2.86. The van der Waals surface area contributed by atoms with E-state index in [2.05, 4.69) is 15.5 Å². The van der Waals surface area contributed by atoms with Crippen LogP contribution in [0.5, 0.6) is 0 Å². The zero-order chi connectivity index (χ0) is 15.9. The molecule has 118 valence electrons. The number of aromatic nitrogens is 2. The lowest BCUT2D eigenvalue weighted by Gasteiger charge is -2.19. The van der Waals surface area contributed by atoms with E-state index >= 15 is 0 Å². The summed E-state index contributed by atoms with van der Waals surface area (Å²) in [5.41, 5.74) is 1.72. The number of rotatable bonds is 7. The minimum Gasteiger partial charge on any atom is -0.460 e. The van der Waals surface area contributed by atoms with E-state index in [4.69, 9.17) is 4.74 Å². The van der Waals surface area contributed by atoms with Crippen LogP contribution in [0.25, 0.3) is 0 Å². The maximum absolute atomic E-state index is 11.6. The fourth-order valence-electron chi connectivity index (χ4n) is 1.83. The van der Waals surface area contributed by atoms with E-state index in [1.807, 2.05) is 27.7 Å². The lowest BCUT2D eigenvalue weighted by Crippen LogP contribution is -2.27. The van der Waals surface area contributed by atoms with Gasteiger partial charge in [-0.15, -0.1) is 0 Å². The van der Waals surface area contributed by atoms with Gasteiger partial charge >= 0.3 is 5.97 Å². The van der Waals surface area contributed by atoms with Gasteiger partial charge in [-0.3, -0.25) is 14.7 Å². The van der Waals surface area contributed by atoms with Gasteiger partial charge in [0.05, 0.1) is 12.6 Å². The van der Waals surface area contributed by atoms with Crippen LogP contribution in [-0.4, -0.2) is 34.2 Å². The van der Waals surface area contributed by atoms with Crippen LogP contribution >= 0.6 is 0 Å². The summed E-state index contributed by atoms with van der Waals surface area (Å²) in [6.45, 7) is 7.99. The van der Waals surface area contributed by atoms with Gasteiger partial charge in [-0.2, -0.15) is 5.10 Å². The SMILES string of the molecule is Cc1[nH]ncc1CCCNC(=O)CCC(=O)OC(C)(C)C. The minimum absolute atomic E-state index is 0.115. The summed E-state index contributed by atoms with van der Waals surface area (Å²) >= 11 is 0. The number of esters is 1. The molecule has 1 aromatic rings. The third kappa shape index (κ3) is 7.48. The molecule has 21 heavy (non-hydrogen) atoms. The quantitative estimate of drug-likeness (QED) is 0.594. The molecule has 2 N–H and O–H groups in total. The van der Waals surface area contributed by atoms with Gasteiger partial charge in [-0.25, -0.2) is 0 Å². The van der Waals surface area contributed by atoms with Crippen LogP contribution in [0.4, 0.5) is 0 Å². The average molecular weight is 295 g/mol. The summed E-state index contributed by atoms with van der Waals surface area (Å²) in [6.07, 6.45) is 3.80. The molecular weight excluding hydrogens is 270 g/mol. The van der Waals surface area contributed by atoms with Gasteiger partial charge in [-0.05, 0) is 46.1 Å². The van der Waals surface area contributed by atoms with Gasteiger partial charge in [-0.1, -0.05) is 0 Å². The molecule has 0 aliphatic rings. The Morgan fingerprint density at radius 2 is 2.05 bits per heavy atom. The standard InChI is InChI=1S/C15H25N3O3/c1-11-12(10-17-18-11)6-5-9-16-13(19)7-8-14(20)21-15(2,3)4/h10H,5-9H2,1-4H3,(H,16,19)(H,17,18). The first-order valence-corrected chi connectivity index (χ1v) is 7.25. The molecule has 6 heteroatoms. The van der Waals surface area contributed by atoms with Crippen LogP contribution in [0.2, 0.25) is 0 Å². The van der Waals surface area contributed by atoms with Crippen LogP contribution in [-0.2, 0) is 20.7 Å². The van der Waals surface area contributed by atoms with Gasteiger partial charge < -0.3 is 10.1 Å². The number of carbonyl (C=O) groups is 2. The Bertz CT molecular complexity index is 475. The molecule has 0 saturated heterocycles. The van der Waals surface area contributed by atoms with Crippen molar-refractivity contribution in [2.24, 2.45) is 0 Å². The molecule has 0 unspecified atom stereocenters. The number of nitrogens with zero attached hydrogens (tertiary/aromatic N) is 1. The molecule has 0 aromatic carbocycles. The molecular formula is C15H25N3O3. The molecule has 0 spiro atoms.